The van der Waals surface area contributed by atoms with Gasteiger partial charge in [0.1, 0.15) is 0 Å². The molecule has 3 rings (SSSR count). The summed E-state index contributed by atoms with van der Waals surface area (Å²) < 4.78 is 22.4. The molecule has 1 aliphatic rings. The molecule has 27 heavy (non-hydrogen) atoms. The maximum absolute atomic E-state index is 12.5. The highest BCUT2D eigenvalue weighted by Gasteiger charge is 2.24. The molecule has 0 bridgehead atoms. The van der Waals surface area contributed by atoms with E-state index < -0.39 is 10.0 Å². The molecule has 7 nitrogen and oxygen atoms in total. The summed E-state index contributed by atoms with van der Waals surface area (Å²) in [5, 5.41) is 7.83. The molecule has 1 heterocycles. The van der Waals surface area contributed by atoms with Gasteiger partial charge in [-0.2, -0.15) is 0 Å². The molecule has 0 saturated heterocycles. The van der Waals surface area contributed by atoms with Gasteiger partial charge in [0.15, 0.2) is 0 Å². The fourth-order valence-corrected chi connectivity index (χ4v) is 3.81. The molecule has 142 valence electrons. The Bertz CT molecular complexity index is 1000. The first-order valence-corrected chi connectivity index (χ1v) is 10.3. The number of nitrogens with two attached hydrogens (primary N) is 1. The lowest BCUT2D eigenvalue weighted by Crippen LogP contribution is -2.27. The Morgan fingerprint density at radius 1 is 1.19 bits per heavy atom. The minimum atomic E-state index is -3.64. The summed E-state index contributed by atoms with van der Waals surface area (Å²) in [7, 11) is -3.64. The van der Waals surface area contributed by atoms with Gasteiger partial charge in [-0.05, 0) is 47.9 Å². The number of benzene rings is 2. The summed E-state index contributed by atoms with van der Waals surface area (Å²) >= 11 is 0. The van der Waals surface area contributed by atoms with Crippen LogP contribution in [-0.4, -0.2) is 26.8 Å². The van der Waals surface area contributed by atoms with Gasteiger partial charge < -0.3 is 10.2 Å². The number of nitrogens with zero attached hydrogens (tertiary/aromatic N) is 1. The van der Waals surface area contributed by atoms with E-state index in [-0.39, 0.29) is 17.6 Å². The Labute approximate surface area is 158 Å². The van der Waals surface area contributed by atoms with E-state index in [0.29, 0.717) is 36.2 Å². The van der Waals surface area contributed by atoms with Crippen molar-refractivity contribution in [1.82, 2.24) is 0 Å². The van der Waals surface area contributed by atoms with E-state index in [1.165, 1.54) is 0 Å². The number of amides is 2. The number of fused-ring (bicyclic) bond motifs is 1. The average molecular weight is 387 g/mol. The van der Waals surface area contributed by atoms with Crippen LogP contribution in [0.3, 0.4) is 0 Å². The fourth-order valence-electron chi connectivity index (χ4n) is 3.17. The predicted octanol–water partition coefficient (Wildman–Crippen LogP) is 2.03. The third-order valence-electron chi connectivity index (χ3n) is 4.39. The van der Waals surface area contributed by atoms with Gasteiger partial charge in [0.25, 0.3) is 5.91 Å². The van der Waals surface area contributed by atoms with Crippen LogP contribution in [0, 0.1) is 0 Å². The third-order valence-corrected chi connectivity index (χ3v) is 5.13. The Morgan fingerprint density at radius 3 is 2.67 bits per heavy atom. The highest BCUT2D eigenvalue weighted by molar-refractivity contribution is 7.88. The first-order chi connectivity index (χ1) is 12.8. The molecule has 0 radical (unpaired) electrons. The van der Waals surface area contributed by atoms with Crippen molar-refractivity contribution in [3.8, 4) is 0 Å². The van der Waals surface area contributed by atoms with Crippen molar-refractivity contribution in [2.45, 2.75) is 25.5 Å². The second-order valence-corrected chi connectivity index (χ2v) is 8.07. The molecule has 0 unspecified atom stereocenters. The van der Waals surface area contributed by atoms with E-state index in [1.54, 1.807) is 47.4 Å². The summed E-state index contributed by atoms with van der Waals surface area (Å²) in [4.78, 5) is 26.3. The largest absolute Gasteiger partial charge is 0.322 e. The Balaban J connectivity index is 1.76. The van der Waals surface area contributed by atoms with Gasteiger partial charge in [0.2, 0.25) is 15.9 Å². The van der Waals surface area contributed by atoms with Crippen molar-refractivity contribution >= 4 is 33.2 Å². The van der Waals surface area contributed by atoms with E-state index in [9.17, 15) is 18.0 Å². The molecule has 0 fully saturated rings. The van der Waals surface area contributed by atoms with Gasteiger partial charge >= 0.3 is 0 Å². The van der Waals surface area contributed by atoms with Crippen LogP contribution in [0.25, 0.3) is 0 Å². The number of carbonyl (C=O) groups is 2. The van der Waals surface area contributed by atoms with Crippen LogP contribution in [0.15, 0.2) is 42.5 Å². The topological polar surface area (TPSA) is 110 Å². The Morgan fingerprint density at radius 2 is 1.96 bits per heavy atom. The number of rotatable bonds is 5. The Kier molecular flexibility index (Phi) is 5.29. The average Bonchev–Trinajstić information content (AvgIpc) is 3.03. The molecular formula is C19H21N3O4S. The van der Waals surface area contributed by atoms with Crippen LogP contribution in [-0.2, 0) is 27.0 Å². The zero-order valence-corrected chi connectivity index (χ0v) is 15.8. The molecule has 3 N–H and O–H groups in total. The third kappa shape index (κ3) is 4.53. The normalized spacial score (nSPS) is 13.3. The van der Waals surface area contributed by atoms with Crippen LogP contribution in [0.4, 0.5) is 11.4 Å². The van der Waals surface area contributed by atoms with Gasteiger partial charge in [-0.3, -0.25) is 9.59 Å². The smallest absolute Gasteiger partial charge is 0.255 e. The number of sulfonamides is 1. The molecule has 2 amide bonds. The molecule has 0 saturated carbocycles. The number of nitrogens with one attached hydrogen (secondary N) is 1. The molecular weight excluding hydrogens is 366 g/mol. The number of hydrogen-bond acceptors (Lipinski definition) is 4. The maximum atomic E-state index is 12.5. The van der Waals surface area contributed by atoms with E-state index in [1.807, 2.05) is 6.92 Å². The van der Waals surface area contributed by atoms with E-state index in [0.717, 1.165) is 11.3 Å². The molecule has 0 atom stereocenters. The quantitative estimate of drug-likeness (QED) is 0.818. The lowest BCUT2D eigenvalue weighted by atomic mass is 10.1. The van der Waals surface area contributed by atoms with Gasteiger partial charge in [0, 0.05) is 29.9 Å². The number of anilines is 2. The second kappa shape index (κ2) is 7.50. The van der Waals surface area contributed by atoms with E-state index in [2.05, 4.69) is 5.32 Å². The summed E-state index contributed by atoms with van der Waals surface area (Å²) in [5.41, 5.74) is 3.29. The first-order valence-electron chi connectivity index (χ1n) is 8.61. The minimum Gasteiger partial charge on any atom is -0.322 e. The summed E-state index contributed by atoms with van der Waals surface area (Å²) in [5.74, 6) is -0.528. The first kappa shape index (κ1) is 19.1. The molecule has 0 spiro atoms. The van der Waals surface area contributed by atoms with Crippen molar-refractivity contribution in [2.75, 3.05) is 16.8 Å². The zero-order valence-electron chi connectivity index (χ0n) is 14.9. The highest BCUT2D eigenvalue weighted by Crippen LogP contribution is 2.29. The fraction of sp³-hybridized carbons (Fsp3) is 0.263. The molecule has 0 aliphatic carbocycles. The van der Waals surface area contributed by atoms with Gasteiger partial charge in [0.05, 0.1) is 5.75 Å². The van der Waals surface area contributed by atoms with Crippen molar-refractivity contribution in [2.24, 2.45) is 5.14 Å². The van der Waals surface area contributed by atoms with Crippen molar-refractivity contribution < 1.29 is 18.0 Å². The van der Waals surface area contributed by atoms with Crippen molar-refractivity contribution in [3.63, 3.8) is 0 Å². The number of hydrogen-bond donors (Lipinski definition) is 2. The highest BCUT2D eigenvalue weighted by atomic mass is 32.2. The lowest BCUT2D eigenvalue weighted by Gasteiger charge is -2.16. The van der Waals surface area contributed by atoms with E-state index >= 15 is 0 Å². The monoisotopic (exact) mass is 387 g/mol. The van der Waals surface area contributed by atoms with Crippen molar-refractivity contribution in [3.05, 3.63) is 59.2 Å². The summed E-state index contributed by atoms with van der Waals surface area (Å²) in [6, 6.07) is 11.8. The standard InChI is InChI=1S/C19H21N3O4S/c1-2-18(23)22-9-8-14-11-15(6-7-17(14)22)19(24)21-16-5-3-4-13(10-16)12-27(20,25)26/h3-7,10-11H,2,8-9,12H2,1H3,(H,21,24)(H2,20,25,26). The van der Waals surface area contributed by atoms with Crippen LogP contribution in [0.1, 0.15) is 34.8 Å². The predicted molar refractivity (Wildman–Crippen MR) is 104 cm³/mol. The van der Waals surface area contributed by atoms with Crippen LogP contribution in [0.2, 0.25) is 0 Å². The van der Waals surface area contributed by atoms with Gasteiger partial charge in [-0.25, -0.2) is 13.6 Å². The summed E-state index contributed by atoms with van der Waals surface area (Å²) in [6.45, 7) is 2.45. The van der Waals surface area contributed by atoms with Crippen molar-refractivity contribution in [1.29, 1.82) is 0 Å². The zero-order chi connectivity index (χ0) is 19.6. The van der Waals surface area contributed by atoms with Gasteiger partial charge in [-0.15, -0.1) is 0 Å². The lowest BCUT2D eigenvalue weighted by molar-refractivity contribution is -0.118. The second-order valence-electron chi connectivity index (χ2n) is 6.45. The molecule has 2 aromatic carbocycles. The van der Waals surface area contributed by atoms with E-state index in [4.69, 9.17) is 5.14 Å². The minimum absolute atomic E-state index is 0.0672. The number of carbonyl (C=O) groups excluding carboxylic acids is 2. The molecule has 8 heteroatoms. The van der Waals surface area contributed by atoms with Gasteiger partial charge in [-0.1, -0.05) is 19.1 Å². The van der Waals surface area contributed by atoms with Crippen LogP contribution >= 0.6 is 0 Å². The SMILES string of the molecule is CCC(=O)N1CCc2cc(C(=O)Nc3cccc(CS(N)(=O)=O)c3)ccc21. The summed E-state index contributed by atoms with van der Waals surface area (Å²) in [6.07, 6.45) is 1.16. The Hall–Kier alpha value is -2.71. The van der Waals surface area contributed by atoms with Crippen LogP contribution in [0.5, 0.6) is 0 Å². The maximum Gasteiger partial charge on any atom is 0.255 e. The molecule has 1 aliphatic heterocycles. The number of primary sulfonamides is 1. The molecule has 0 aromatic heterocycles. The molecule has 2 aromatic rings. The van der Waals surface area contributed by atoms with Crippen LogP contribution < -0.4 is 15.4 Å².